The lowest BCUT2D eigenvalue weighted by molar-refractivity contribution is -0.142. The van der Waals surface area contributed by atoms with Gasteiger partial charge in [-0.2, -0.15) is 0 Å². The molecule has 0 aromatic carbocycles. The number of carboxylic acid groups (broad SMARTS) is 1. The van der Waals surface area contributed by atoms with Crippen molar-refractivity contribution in [1.29, 1.82) is 0 Å². The Morgan fingerprint density at radius 2 is 2.46 bits per heavy atom. The van der Waals surface area contributed by atoms with Crippen LogP contribution in [-0.4, -0.2) is 28.2 Å². The lowest BCUT2D eigenvalue weighted by atomic mass is 10.2. The molecule has 0 bridgehead atoms. The highest BCUT2D eigenvalue weighted by molar-refractivity contribution is 5.76. The summed E-state index contributed by atoms with van der Waals surface area (Å²) < 4.78 is 4.93. The fourth-order valence-electron chi connectivity index (χ4n) is 1.67. The number of fused-ring (bicyclic) bond motifs is 1. The molecule has 2 heterocycles. The SMILES string of the molecule is Cc1onc2c1CN(C)C2C(=O)O. The fraction of sp³-hybridized carbons (Fsp3) is 0.500. The van der Waals surface area contributed by atoms with Crippen molar-refractivity contribution in [1.82, 2.24) is 10.1 Å². The Morgan fingerprint density at radius 3 is 3.08 bits per heavy atom. The maximum atomic E-state index is 10.9. The molecular formula is C8H10N2O3. The molecule has 13 heavy (non-hydrogen) atoms. The van der Waals surface area contributed by atoms with Crippen molar-refractivity contribution < 1.29 is 14.4 Å². The van der Waals surface area contributed by atoms with E-state index in [-0.39, 0.29) is 0 Å². The third-order valence-corrected chi connectivity index (χ3v) is 2.36. The maximum Gasteiger partial charge on any atom is 0.327 e. The zero-order valence-electron chi connectivity index (χ0n) is 7.44. The van der Waals surface area contributed by atoms with Crippen molar-refractivity contribution in [2.75, 3.05) is 7.05 Å². The van der Waals surface area contributed by atoms with Gasteiger partial charge in [-0.3, -0.25) is 9.69 Å². The Balaban J connectivity index is 2.46. The predicted octanol–water partition coefficient (Wildman–Crippen LogP) is 0.554. The largest absolute Gasteiger partial charge is 0.480 e. The number of hydrogen-bond acceptors (Lipinski definition) is 4. The molecule has 0 spiro atoms. The van der Waals surface area contributed by atoms with Gasteiger partial charge in [0.15, 0.2) is 6.04 Å². The van der Waals surface area contributed by atoms with E-state index in [0.29, 0.717) is 18.0 Å². The second kappa shape index (κ2) is 2.56. The fourth-order valence-corrected chi connectivity index (χ4v) is 1.67. The minimum atomic E-state index is -0.880. The molecule has 2 rings (SSSR count). The van der Waals surface area contributed by atoms with Gasteiger partial charge in [-0.1, -0.05) is 5.16 Å². The van der Waals surface area contributed by atoms with Crippen LogP contribution in [0.25, 0.3) is 0 Å². The third kappa shape index (κ3) is 1.04. The van der Waals surface area contributed by atoms with Crippen LogP contribution in [0.15, 0.2) is 4.52 Å². The number of carboxylic acids is 1. The van der Waals surface area contributed by atoms with Gasteiger partial charge in [-0.15, -0.1) is 0 Å². The highest BCUT2D eigenvalue weighted by atomic mass is 16.5. The molecule has 1 N–H and O–H groups in total. The highest BCUT2D eigenvalue weighted by Crippen LogP contribution is 2.33. The molecule has 0 radical (unpaired) electrons. The minimum Gasteiger partial charge on any atom is -0.480 e. The van der Waals surface area contributed by atoms with Crippen LogP contribution in [0.1, 0.15) is 23.1 Å². The molecule has 1 atom stereocenters. The van der Waals surface area contributed by atoms with E-state index in [4.69, 9.17) is 9.63 Å². The number of hydrogen-bond donors (Lipinski definition) is 1. The van der Waals surface area contributed by atoms with E-state index in [1.165, 1.54) is 0 Å². The molecule has 1 aliphatic rings. The van der Waals surface area contributed by atoms with Crippen LogP contribution in [0.2, 0.25) is 0 Å². The van der Waals surface area contributed by atoms with Gasteiger partial charge in [0.05, 0.1) is 0 Å². The summed E-state index contributed by atoms with van der Waals surface area (Å²) in [5.41, 5.74) is 1.46. The van der Waals surface area contributed by atoms with Crippen molar-refractivity contribution in [3.63, 3.8) is 0 Å². The van der Waals surface area contributed by atoms with Gasteiger partial charge in [0.1, 0.15) is 11.5 Å². The number of aromatic nitrogens is 1. The first-order valence-corrected chi connectivity index (χ1v) is 3.99. The topological polar surface area (TPSA) is 66.6 Å². The average molecular weight is 182 g/mol. The van der Waals surface area contributed by atoms with Gasteiger partial charge in [-0.05, 0) is 14.0 Å². The van der Waals surface area contributed by atoms with Gasteiger partial charge < -0.3 is 9.63 Å². The van der Waals surface area contributed by atoms with Crippen molar-refractivity contribution in [2.24, 2.45) is 0 Å². The molecule has 70 valence electrons. The first-order valence-electron chi connectivity index (χ1n) is 3.99. The molecule has 5 nitrogen and oxygen atoms in total. The molecule has 0 aliphatic carbocycles. The molecule has 5 heteroatoms. The summed E-state index contributed by atoms with van der Waals surface area (Å²) in [5, 5.41) is 12.7. The second-order valence-electron chi connectivity index (χ2n) is 3.26. The predicted molar refractivity (Wildman–Crippen MR) is 43.1 cm³/mol. The first-order chi connectivity index (χ1) is 6.11. The van der Waals surface area contributed by atoms with Crippen LogP contribution in [0.5, 0.6) is 0 Å². The summed E-state index contributed by atoms with van der Waals surface area (Å²) in [5.74, 6) is -0.167. The van der Waals surface area contributed by atoms with Crippen LogP contribution in [0.3, 0.4) is 0 Å². The van der Waals surface area contributed by atoms with Gasteiger partial charge in [0.25, 0.3) is 0 Å². The second-order valence-corrected chi connectivity index (χ2v) is 3.26. The van der Waals surface area contributed by atoms with Crippen LogP contribution in [-0.2, 0) is 11.3 Å². The summed E-state index contributed by atoms with van der Waals surface area (Å²) in [7, 11) is 1.76. The molecule has 0 amide bonds. The quantitative estimate of drug-likeness (QED) is 0.687. The van der Waals surface area contributed by atoms with Crippen molar-refractivity contribution in [3.8, 4) is 0 Å². The Hall–Kier alpha value is -1.36. The molecular weight excluding hydrogens is 172 g/mol. The monoisotopic (exact) mass is 182 g/mol. The third-order valence-electron chi connectivity index (χ3n) is 2.36. The summed E-state index contributed by atoms with van der Waals surface area (Å²) >= 11 is 0. The lowest BCUT2D eigenvalue weighted by Crippen LogP contribution is -2.24. The zero-order chi connectivity index (χ0) is 9.59. The Kier molecular flexibility index (Phi) is 1.63. The van der Waals surface area contributed by atoms with Crippen LogP contribution >= 0.6 is 0 Å². The van der Waals surface area contributed by atoms with Crippen LogP contribution in [0.4, 0.5) is 0 Å². The number of likely N-dealkylation sites (N-methyl/N-ethyl adjacent to an activating group) is 1. The van der Waals surface area contributed by atoms with Gasteiger partial charge >= 0.3 is 5.97 Å². The molecule has 0 saturated carbocycles. The standard InChI is InChI=1S/C8H10N2O3/c1-4-5-3-10(2)7(8(11)12)6(5)9-13-4/h7H,3H2,1-2H3,(H,11,12). The molecule has 1 aromatic rings. The Morgan fingerprint density at radius 1 is 1.77 bits per heavy atom. The molecule has 0 fully saturated rings. The van der Waals surface area contributed by atoms with Gasteiger partial charge in [0, 0.05) is 12.1 Å². The van der Waals surface area contributed by atoms with Gasteiger partial charge in [0.2, 0.25) is 0 Å². The number of nitrogens with zero attached hydrogens (tertiary/aromatic N) is 2. The summed E-state index contributed by atoms with van der Waals surface area (Å²) in [6.45, 7) is 2.39. The van der Waals surface area contributed by atoms with Crippen molar-refractivity contribution in [2.45, 2.75) is 19.5 Å². The first kappa shape index (κ1) is 8.25. The zero-order valence-corrected chi connectivity index (χ0v) is 7.44. The number of carbonyl (C=O) groups is 1. The normalized spacial score (nSPS) is 21.8. The van der Waals surface area contributed by atoms with Gasteiger partial charge in [-0.25, -0.2) is 0 Å². The number of aliphatic carboxylic acids is 1. The van der Waals surface area contributed by atoms with E-state index < -0.39 is 12.0 Å². The lowest BCUT2D eigenvalue weighted by Gasteiger charge is -2.13. The Labute approximate surface area is 74.9 Å². The summed E-state index contributed by atoms with van der Waals surface area (Å²) in [4.78, 5) is 12.6. The Bertz CT molecular complexity index is 358. The minimum absolute atomic E-state index is 0.549. The summed E-state index contributed by atoms with van der Waals surface area (Å²) in [6, 6.07) is -0.646. The van der Waals surface area contributed by atoms with E-state index in [1.807, 2.05) is 0 Å². The molecule has 1 aliphatic heterocycles. The smallest absolute Gasteiger partial charge is 0.327 e. The van der Waals surface area contributed by atoms with E-state index in [0.717, 1.165) is 5.56 Å². The number of rotatable bonds is 1. The van der Waals surface area contributed by atoms with E-state index >= 15 is 0 Å². The van der Waals surface area contributed by atoms with Crippen LogP contribution in [0, 0.1) is 6.92 Å². The molecule has 0 saturated heterocycles. The maximum absolute atomic E-state index is 10.9. The average Bonchev–Trinajstić information content (AvgIpc) is 2.51. The van der Waals surface area contributed by atoms with Crippen molar-refractivity contribution in [3.05, 3.63) is 17.0 Å². The van der Waals surface area contributed by atoms with Crippen molar-refractivity contribution >= 4 is 5.97 Å². The van der Waals surface area contributed by atoms with Crippen LogP contribution < -0.4 is 0 Å². The molecule has 1 unspecified atom stereocenters. The highest BCUT2D eigenvalue weighted by Gasteiger charge is 2.37. The van der Waals surface area contributed by atoms with E-state index in [1.54, 1.807) is 18.9 Å². The molecule has 1 aromatic heterocycles. The summed E-state index contributed by atoms with van der Waals surface area (Å²) in [6.07, 6.45) is 0. The van der Waals surface area contributed by atoms with E-state index in [2.05, 4.69) is 5.16 Å². The van der Waals surface area contributed by atoms with E-state index in [9.17, 15) is 4.79 Å². The number of aryl methyl sites for hydroxylation is 1.